The number of carbonyl (C=O) groups excluding carboxylic acids is 1. The Morgan fingerprint density at radius 2 is 2.05 bits per heavy atom. The highest BCUT2D eigenvalue weighted by Gasteiger charge is 2.13. The van der Waals surface area contributed by atoms with Gasteiger partial charge in [0.05, 0.1) is 12.5 Å². The number of rotatable bonds is 5. The quantitative estimate of drug-likeness (QED) is 0.851. The van der Waals surface area contributed by atoms with Crippen LogP contribution in [0.4, 0.5) is 0 Å². The van der Waals surface area contributed by atoms with Crippen LogP contribution < -0.4 is 5.32 Å². The Kier molecular flexibility index (Phi) is 4.59. The van der Waals surface area contributed by atoms with Crippen LogP contribution in [-0.4, -0.2) is 23.2 Å². The molecule has 3 nitrogen and oxygen atoms in total. The van der Waals surface area contributed by atoms with Gasteiger partial charge in [0.2, 0.25) is 5.91 Å². The van der Waals surface area contributed by atoms with E-state index >= 15 is 0 Å². The molecule has 1 aromatic carbocycles. The summed E-state index contributed by atoms with van der Waals surface area (Å²) in [5.74, 6) is 0.0334. The van der Waals surface area contributed by atoms with E-state index in [-0.39, 0.29) is 18.1 Å². The standard InChI is InChI=1S/C16H23NO2/c1-11(8-12(2)18)17-16(19)10-13-6-7-14-4-3-5-15(14)9-13/h6-7,9,11-12,18H,3-5,8,10H2,1-2H3,(H,17,19). The Morgan fingerprint density at radius 1 is 1.32 bits per heavy atom. The third kappa shape index (κ3) is 4.06. The summed E-state index contributed by atoms with van der Waals surface area (Å²) < 4.78 is 0. The highest BCUT2D eigenvalue weighted by molar-refractivity contribution is 5.78. The number of carbonyl (C=O) groups is 1. The highest BCUT2D eigenvalue weighted by atomic mass is 16.3. The fourth-order valence-electron chi connectivity index (χ4n) is 2.82. The van der Waals surface area contributed by atoms with Crippen LogP contribution in [0.1, 0.15) is 43.4 Å². The zero-order valence-corrected chi connectivity index (χ0v) is 11.8. The Balaban J connectivity index is 1.88. The second kappa shape index (κ2) is 6.20. The van der Waals surface area contributed by atoms with Gasteiger partial charge in [-0.05, 0) is 56.2 Å². The number of hydrogen-bond acceptors (Lipinski definition) is 2. The number of fused-ring (bicyclic) bond motifs is 1. The Hall–Kier alpha value is -1.35. The molecule has 2 rings (SSSR count). The summed E-state index contributed by atoms with van der Waals surface area (Å²) in [7, 11) is 0. The summed E-state index contributed by atoms with van der Waals surface area (Å²) in [6.07, 6.45) is 4.19. The van der Waals surface area contributed by atoms with E-state index in [4.69, 9.17) is 0 Å². The molecule has 1 amide bonds. The van der Waals surface area contributed by atoms with E-state index in [0.29, 0.717) is 12.8 Å². The van der Waals surface area contributed by atoms with Gasteiger partial charge in [-0.2, -0.15) is 0 Å². The van der Waals surface area contributed by atoms with Gasteiger partial charge < -0.3 is 10.4 Å². The van der Waals surface area contributed by atoms with Crippen molar-refractivity contribution in [3.63, 3.8) is 0 Å². The lowest BCUT2D eigenvalue weighted by Gasteiger charge is -2.15. The van der Waals surface area contributed by atoms with Gasteiger partial charge in [0, 0.05) is 6.04 Å². The van der Waals surface area contributed by atoms with Crippen LogP contribution >= 0.6 is 0 Å². The minimum atomic E-state index is -0.379. The first-order chi connectivity index (χ1) is 9.04. The van der Waals surface area contributed by atoms with Gasteiger partial charge in [0.15, 0.2) is 0 Å². The molecule has 0 saturated carbocycles. The van der Waals surface area contributed by atoms with Crippen molar-refractivity contribution in [1.29, 1.82) is 0 Å². The van der Waals surface area contributed by atoms with E-state index in [1.807, 2.05) is 6.92 Å². The maximum atomic E-state index is 11.9. The topological polar surface area (TPSA) is 49.3 Å². The van der Waals surface area contributed by atoms with Crippen molar-refractivity contribution in [3.8, 4) is 0 Å². The minimum Gasteiger partial charge on any atom is -0.393 e. The smallest absolute Gasteiger partial charge is 0.224 e. The molecule has 1 aliphatic carbocycles. The predicted octanol–water partition coefficient (Wildman–Crippen LogP) is 1.99. The molecule has 3 heteroatoms. The van der Waals surface area contributed by atoms with E-state index < -0.39 is 0 Å². The van der Waals surface area contributed by atoms with E-state index in [9.17, 15) is 9.90 Å². The van der Waals surface area contributed by atoms with E-state index in [2.05, 4.69) is 23.5 Å². The van der Waals surface area contributed by atoms with E-state index in [1.165, 1.54) is 24.0 Å². The molecule has 19 heavy (non-hydrogen) atoms. The van der Waals surface area contributed by atoms with Crippen molar-refractivity contribution in [3.05, 3.63) is 34.9 Å². The number of aliphatic hydroxyl groups is 1. The number of aryl methyl sites for hydroxylation is 2. The maximum absolute atomic E-state index is 11.9. The first-order valence-electron chi connectivity index (χ1n) is 7.12. The lowest BCUT2D eigenvalue weighted by atomic mass is 10.0. The summed E-state index contributed by atoms with van der Waals surface area (Å²) in [6, 6.07) is 6.40. The molecule has 1 aliphatic rings. The molecule has 0 aliphatic heterocycles. The zero-order valence-electron chi connectivity index (χ0n) is 11.8. The molecule has 0 bridgehead atoms. The molecule has 104 valence electrons. The molecule has 0 spiro atoms. The number of aliphatic hydroxyl groups excluding tert-OH is 1. The molecule has 0 fully saturated rings. The largest absolute Gasteiger partial charge is 0.393 e. The second-order valence-corrected chi connectivity index (χ2v) is 5.69. The fourth-order valence-corrected chi connectivity index (χ4v) is 2.82. The average Bonchev–Trinajstić information content (AvgIpc) is 2.74. The molecule has 2 atom stereocenters. The summed E-state index contributed by atoms with van der Waals surface area (Å²) in [5.41, 5.74) is 3.93. The second-order valence-electron chi connectivity index (χ2n) is 5.69. The number of nitrogens with one attached hydrogen (secondary N) is 1. The molecule has 0 saturated heterocycles. The predicted molar refractivity (Wildman–Crippen MR) is 76.1 cm³/mol. The monoisotopic (exact) mass is 261 g/mol. The number of benzene rings is 1. The molecule has 2 N–H and O–H groups in total. The van der Waals surface area contributed by atoms with Crippen molar-refractivity contribution >= 4 is 5.91 Å². The normalized spacial score (nSPS) is 16.8. The van der Waals surface area contributed by atoms with Crippen LogP contribution in [0.2, 0.25) is 0 Å². The molecule has 1 aromatic rings. The fraction of sp³-hybridized carbons (Fsp3) is 0.562. The van der Waals surface area contributed by atoms with Crippen molar-refractivity contribution in [1.82, 2.24) is 5.32 Å². The van der Waals surface area contributed by atoms with Crippen molar-refractivity contribution < 1.29 is 9.90 Å². The van der Waals surface area contributed by atoms with Gasteiger partial charge >= 0.3 is 0 Å². The third-order valence-corrected chi connectivity index (χ3v) is 3.63. The van der Waals surface area contributed by atoms with E-state index in [0.717, 1.165) is 12.0 Å². The van der Waals surface area contributed by atoms with Crippen LogP contribution in [0.25, 0.3) is 0 Å². The molecular formula is C16H23NO2. The molecule has 2 unspecified atom stereocenters. The van der Waals surface area contributed by atoms with Crippen molar-refractivity contribution in [2.24, 2.45) is 0 Å². The number of hydrogen-bond donors (Lipinski definition) is 2. The average molecular weight is 261 g/mol. The van der Waals surface area contributed by atoms with Gasteiger partial charge in [-0.1, -0.05) is 18.2 Å². The lowest BCUT2D eigenvalue weighted by molar-refractivity contribution is -0.121. The minimum absolute atomic E-state index is 0.0157. The Bertz CT molecular complexity index is 454. The summed E-state index contributed by atoms with van der Waals surface area (Å²) in [5, 5.41) is 12.2. The highest BCUT2D eigenvalue weighted by Crippen LogP contribution is 2.22. The van der Waals surface area contributed by atoms with Crippen LogP contribution in [0.5, 0.6) is 0 Å². The first-order valence-corrected chi connectivity index (χ1v) is 7.12. The van der Waals surface area contributed by atoms with Crippen LogP contribution in [0.3, 0.4) is 0 Å². The van der Waals surface area contributed by atoms with Crippen molar-refractivity contribution in [2.75, 3.05) is 0 Å². The van der Waals surface area contributed by atoms with Gasteiger partial charge in [-0.15, -0.1) is 0 Å². The molecule has 0 radical (unpaired) electrons. The third-order valence-electron chi connectivity index (χ3n) is 3.63. The maximum Gasteiger partial charge on any atom is 0.224 e. The van der Waals surface area contributed by atoms with E-state index in [1.54, 1.807) is 6.92 Å². The molecule has 0 heterocycles. The molecular weight excluding hydrogens is 238 g/mol. The van der Waals surface area contributed by atoms with Crippen LogP contribution in [0.15, 0.2) is 18.2 Å². The van der Waals surface area contributed by atoms with Crippen LogP contribution in [0, 0.1) is 0 Å². The summed E-state index contributed by atoms with van der Waals surface area (Å²) in [4.78, 5) is 11.9. The Labute approximate surface area is 115 Å². The van der Waals surface area contributed by atoms with Crippen LogP contribution in [-0.2, 0) is 24.1 Å². The molecule has 0 aromatic heterocycles. The van der Waals surface area contributed by atoms with Crippen molar-refractivity contribution in [2.45, 2.75) is 58.1 Å². The van der Waals surface area contributed by atoms with Gasteiger partial charge in [-0.25, -0.2) is 0 Å². The number of amides is 1. The summed E-state index contributed by atoms with van der Waals surface area (Å²) in [6.45, 7) is 3.66. The SMILES string of the molecule is CC(O)CC(C)NC(=O)Cc1ccc2c(c1)CCC2. The first kappa shape index (κ1) is 14.1. The van der Waals surface area contributed by atoms with Gasteiger partial charge in [0.25, 0.3) is 0 Å². The summed E-state index contributed by atoms with van der Waals surface area (Å²) >= 11 is 0. The zero-order chi connectivity index (χ0) is 13.8. The van der Waals surface area contributed by atoms with Gasteiger partial charge in [0.1, 0.15) is 0 Å². The Morgan fingerprint density at radius 3 is 2.79 bits per heavy atom. The van der Waals surface area contributed by atoms with Gasteiger partial charge in [-0.3, -0.25) is 4.79 Å². The lowest BCUT2D eigenvalue weighted by Crippen LogP contribution is -2.35.